The van der Waals surface area contributed by atoms with E-state index < -0.39 is 0 Å². The first-order valence-electron chi connectivity index (χ1n) is 5.73. The second-order valence-corrected chi connectivity index (χ2v) is 4.45. The van der Waals surface area contributed by atoms with Crippen LogP contribution in [0.5, 0.6) is 0 Å². The van der Waals surface area contributed by atoms with Crippen molar-refractivity contribution in [3.8, 4) is 0 Å². The number of hydrogen-bond acceptors (Lipinski definition) is 3. The maximum Gasteiger partial charge on any atom is 0.143 e. The Morgan fingerprint density at radius 2 is 2.19 bits per heavy atom. The van der Waals surface area contributed by atoms with Crippen LogP contribution in [0.3, 0.4) is 0 Å². The molecule has 1 aromatic heterocycles. The molecule has 3 N–H and O–H groups in total. The van der Waals surface area contributed by atoms with Crippen LogP contribution in [0.1, 0.15) is 25.5 Å². The van der Waals surface area contributed by atoms with Gasteiger partial charge in [0.15, 0.2) is 0 Å². The number of anilines is 1. The van der Waals surface area contributed by atoms with Crippen LogP contribution in [0.15, 0.2) is 18.3 Å². The van der Waals surface area contributed by atoms with Crippen LogP contribution in [0.25, 0.3) is 0 Å². The summed E-state index contributed by atoms with van der Waals surface area (Å²) in [5.74, 6) is 0.850. The molecule has 4 nitrogen and oxygen atoms in total. The van der Waals surface area contributed by atoms with Crippen molar-refractivity contribution in [3.63, 3.8) is 0 Å². The van der Waals surface area contributed by atoms with Crippen LogP contribution in [0.2, 0.25) is 0 Å². The van der Waals surface area contributed by atoms with Gasteiger partial charge in [-0.15, -0.1) is 0 Å². The summed E-state index contributed by atoms with van der Waals surface area (Å²) in [5.41, 5.74) is 7.15. The topological polar surface area (TPSA) is 66.0 Å². The molecule has 0 aliphatic carbocycles. The van der Waals surface area contributed by atoms with Crippen LogP contribution < -0.4 is 10.6 Å². The number of nitrogens with two attached hydrogens (primary N) is 1. The van der Waals surface area contributed by atoms with Crippen molar-refractivity contribution in [1.29, 1.82) is 5.41 Å². The van der Waals surface area contributed by atoms with E-state index in [-0.39, 0.29) is 5.84 Å². The summed E-state index contributed by atoms with van der Waals surface area (Å²) in [6.07, 6.45) is 4.09. The average molecular weight is 218 g/mol. The Morgan fingerprint density at radius 1 is 1.50 bits per heavy atom. The quantitative estimate of drug-likeness (QED) is 0.585. The van der Waals surface area contributed by atoms with Gasteiger partial charge in [-0.1, -0.05) is 6.92 Å². The smallest absolute Gasteiger partial charge is 0.143 e. The monoisotopic (exact) mass is 218 g/mol. The molecule has 86 valence electrons. The molecule has 2 heterocycles. The number of amidine groups is 1. The molecule has 1 saturated heterocycles. The molecule has 16 heavy (non-hydrogen) atoms. The van der Waals surface area contributed by atoms with Crippen molar-refractivity contribution in [3.05, 3.63) is 24.0 Å². The number of pyridine rings is 1. The first kappa shape index (κ1) is 10.9. The maximum absolute atomic E-state index is 7.52. The number of hydrogen-bond donors (Lipinski definition) is 2. The van der Waals surface area contributed by atoms with E-state index in [2.05, 4.69) is 16.8 Å². The highest BCUT2D eigenvalue weighted by molar-refractivity contribution is 5.98. The predicted molar refractivity (Wildman–Crippen MR) is 65.9 cm³/mol. The molecule has 0 unspecified atom stereocenters. The normalized spacial score (nSPS) is 17.4. The average Bonchev–Trinajstić information content (AvgIpc) is 2.30. The Bertz CT molecular complexity index is 380. The van der Waals surface area contributed by atoms with Gasteiger partial charge in [0.1, 0.15) is 11.5 Å². The second kappa shape index (κ2) is 4.51. The van der Waals surface area contributed by atoms with Gasteiger partial charge in [0.05, 0.1) is 5.69 Å². The third-order valence-electron chi connectivity index (χ3n) is 3.17. The highest BCUT2D eigenvalue weighted by Gasteiger charge is 2.19. The van der Waals surface area contributed by atoms with Gasteiger partial charge in [0, 0.05) is 19.3 Å². The number of piperidine rings is 1. The number of nitrogens with one attached hydrogen (secondary N) is 1. The van der Waals surface area contributed by atoms with Gasteiger partial charge in [-0.2, -0.15) is 0 Å². The molecular weight excluding hydrogens is 200 g/mol. The molecule has 0 radical (unpaired) electrons. The highest BCUT2D eigenvalue weighted by atomic mass is 15.1. The third kappa shape index (κ3) is 2.15. The molecule has 0 spiro atoms. The molecule has 2 rings (SSSR count). The number of rotatable bonds is 2. The zero-order valence-corrected chi connectivity index (χ0v) is 9.61. The van der Waals surface area contributed by atoms with E-state index in [0.29, 0.717) is 5.69 Å². The Morgan fingerprint density at radius 3 is 2.81 bits per heavy atom. The Hall–Kier alpha value is -1.58. The van der Waals surface area contributed by atoms with Crippen LogP contribution in [0.4, 0.5) is 5.69 Å². The molecule has 0 amide bonds. The maximum atomic E-state index is 7.52. The summed E-state index contributed by atoms with van der Waals surface area (Å²) in [6.45, 7) is 4.35. The minimum Gasteiger partial charge on any atom is -0.382 e. The predicted octanol–water partition coefficient (Wildman–Crippen LogP) is 1.60. The van der Waals surface area contributed by atoms with E-state index in [1.807, 2.05) is 12.1 Å². The summed E-state index contributed by atoms with van der Waals surface area (Å²) in [7, 11) is 0. The van der Waals surface area contributed by atoms with Gasteiger partial charge in [0.25, 0.3) is 0 Å². The minimum atomic E-state index is 0.0502. The number of aromatic nitrogens is 1. The first-order chi connectivity index (χ1) is 7.68. The molecule has 1 aliphatic rings. The Labute approximate surface area is 96.0 Å². The van der Waals surface area contributed by atoms with Gasteiger partial charge in [0.2, 0.25) is 0 Å². The Kier molecular flexibility index (Phi) is 3.08. The van der Waals surface area contributed by atoms with Crippen molar-refractivity contribution < 1.29 is 0 Å². The van der Waals surface area contributed by atoms with Crippen LogP contribution >= 0.6 is 0 Å². The lowest BCUT2D eigenvalue weighted by Crippen LogP contribution is -2.34. The lowest BCUT2D eigenvalue weighted by Gasteiger charge is -2.32. The van der Waals surface area contributed by atoms with E-state index in [1.165, 1.54) is 12.8 Å². The largest absolute Gasteiger partial charge is 0.382 e. The molecular formula is C12H18N4. The van der Waals surface area contributed by atoms with Crippen molar-refractivity contribution >= 4 is 11.5 Å². The molecule has 0 atom stereocenters. The summed E-state index contributed by atoms with van der Waals surface area (Å²) in [5, 5.41) is 7.52. The Balaban J connectivity index is 2.23. The standard InChI is InChI=1S/C12H18N4/c1-9-4-7-16(8-5-9)10-3-2-6-15-11(10)12(13)14/h2-3,6,9H,4-5,7-8H2,1H3,(H3,13,14). The van der Waals surface area contributed by atoms with E-state index in [0.717, 1.165) is 24.7 Å². The SMILES string of the molecule is CC1CCN(c2cccnc2C(=N)N)CC1. The number of nitrogens with zero attached hydrogens (tertiary/aromatic N) is 2. The van der Waals surface area contributed by atoms with Crippen molar-refractivity contribution in [2.45, 2.75) is 19.8 Å². The van der Waals surface area contributed by atoms with Gasteiger partial charge in [-0.25, -0.2) is 0 Å². The zero-order chi connectivity index (χ0) is 11.5. The van der Waals surface area contributed by atoms with E-state index >= 15 is 0 Å². The van der Waals surface area contributed by atoms with Gasteiger partial charge < -0.3 is 10.6 Å². The summed E-state index contributed by atoms with van der Waals surface area (Å²) >= 11 is 0. The molecule has 1 aromatic rings. The van der Waals surface area contributed by atoms with Crippen LogP contribution in [0, 0.1) is 11.3 Å². The summed E-state index contributed by atoms with van der Waals surface area (Å²) in [6, 6.07) is 3.90. The van der Waals surface area contributed by atoms with Gasteiger partial charge in [-0.3, -0.25) is 10.4 Å². The van der Waals surface area contributed by atoms with E-state index in [1.54, 1.807) is 6.20 Å². The zero-order valence-electron chi connectivity index (χ0n) is 9.61. The first-order valence-corrected chi connectivity index (χ1v) is 5.73. The third-order valence-corrected chi connectivity index (χ3v) is 3.17. The lowest BCUT2D eigenvalue weighted by atomic mass is 9.98. The second-order valence-electron chi connectivity index (χ2n) is 4.45. The number of nitrogen functional groups attached to an aromatic ring is 1. The summed E-state index contributed by atoms with van der Waals surface area (Å²) in [4.78, 5) is 6.46. The molecule has 4 heteroatoms. The molecule has 0 saturated carbocycles. The van der Waals surface area contributed by atoms with Crippen LogP contribution in [-0.2, 0) is 0 Å². The van der Waals surface area contributed by atoms with Crippen molar-refractivity contribution in [2.24, 2.45) is 11.7 Å². The molecule has 0 bridgehead atoms. The highest BCUT2D eigenvalue weighted by Crippen LogP contribution is 2.24. The van der Waals surface area contributed by atoms with Gasteiger partial charge in [-0.05, 0) is 30.9 Å². The minimum absolute atomic E-state index is 0.0502. The lowest BCUT2D eigenvalue weighted by molar-refractivity contribution is 0.438. The van der Waals surface area contributed by atoms with E-state index in [4.69, 9.17) is 11.1 Å². The molecule has 1 aliphatic heterocycles. The fourth-order valence-corrected chi connectivity index (χ4v) is 2.11. The fraction of sp³-hybridized carbons (Fsp3) is 0.500. The van der Waals surface area contributed by atoms with Crippen molar-refractivity contribution in [1.82, 2.24) is 4.98 Å². The van der Waals surface area contributed by atoms with Crippen molar-refractivity contribution in [2.75, 3.05) is 18.0 Å². The van der Waals surface area contributed by atoms with E-state index in [9.17, 15) is 0 Å². The fourth-order valence-electron chi connectivity index (χ4n) is 2.11. The summed E-state index contributed by atoms with van der Waals surface area (Å²) < 4.78 is 0. The van der Waals surface area contributed by atoms with Gasteiger partial charge >= 0.3 is 0 Å². The molecule has 0 aromatic carbocycles. The van der Waals surface area contributed by atoms with Crippen LogP contribution in [-0.4, -0.2) is 23.9 Å². The molecule has 1 fully saturated rings.